The maximum absolute atomic E-state index is 13.1. The number of ether oxygens (including phenoxy) is 1. The van der Waals surface area contributed by atoms with E-state index in [9.17, 15) is 34.2 Å². The summed E-state index contributed by atoms with van der Waals surface area (Å²) in [5.74, 6) is -3.28. The summed E-state index contributed by atoms with van der Waals surface area (Å²) in [5, 5.41) is 38.9. The first-order valence-corrected chi connectivity index (χ1v) is 16.2. The van der Waals surface area contributed by atoms with E-state index < -0.39 is 52.5 Å². The van der Waals surface area contributed by atoms with Crippen molar-refractivity contribution in [1.29, 1.82) is 0 Å². The maximum atomic E-state index is 13.1. The lowest BCUT2D eigenvalue weighted by atomic mass is 9.90. The van der Waals surface area contributed by atoms with Crippen molar-refractivity contribution in [2.24, 2.45) is 0 Å². The first-order chi connectivity index (χ1) is 23.2. The van der Waals surface area contributed by atoms with Gasteiger partial charge in [-0.25, -0.2) is 0 Å². The van der Waals surface area contributed by atoms with Crippen LogP contribution in [0.1, 0.15) is 83.6 Å². The van der Waals surface area contributed by atoms with Crippen molar-refractivity contribution in [2.75, 3.05) is 26.7 Å². The van der Waals surface area contributed by atoms with Gasteiger partial charge in [-0.15, -0.1) is 0 Å². The number of aromatic hydroxyl groups is 2. The molecule has 0 fully saturated rings. The van der Waals surface area contributed by atoms with Crippen molar-refractivity contribution in [1.82, 2.24) is 25.1 Å². The van der Waals surface area contributed by atoms with Crippen molar-refractivity contribution in [3.05, 3.63) is 85.2 Å². The van der Waals surface area contributed by atoms with Crippen LogP contribution >= 0.6 is 0 Å². The lowest BCUT2D eigenvalue weighted by Crippen LogP contribution is -2.48. The number of aromatic nitrogens is 2. The van der Waals surface area contributed by atoms with Gasteiger partial charge in [0.1, 0.15) is 12.3 Å². The minimum atomic E-state index is -1.26. The first kappa shape index (κ1) is 38.3. The van der Waals surface area contributed by atoms with E-state index >= 15 is 0 Å². The molecule has 0 saturated heterocycles. The molecule has 6 N–H and O–H groups in total. The Kier molecular flexibility index (Phi) is 13.6. The molecule has 1 aromatic carbocycles. The van der Waals surface area contributed by atoms with Crippen LogP contribution in [0.5, 0.6) is 17.2 Å². The highest BCUT2D eigenvalue weighted by atomic mass is 16.5. The van der Waals surface area contributed by atoms with Gasteiger partial charge in [0.2, 0.25) is 0 Å². The molecule has 0 aliphatic carbocycles. The Labute approximate surface area is 284 Å². The molecule has 0 radical (unpaired) electrons. The maximum Gasteiger partial charge on any atom is 0.323 e. The summed E-state index contributed by atoms with van der Waals surface area (Å²) >= 11 is 0. The first-order valence-electron chi connectivity index (χ1n) is 16.2. The molecule has 0 aliphatic heterocycles. The van der Waals surface area contributed by atoms with Crippen molar-refractivity contribution < 1.29 is 34.4 Å². The Hall–Kier alpha value is -5.11. The lowest BCUT2D eigenvalue weighted by Gasteiger charge is -2.31. The second-order valence-electron chi connectivity index (χ2n) is 12.3. The summed E-state index contributed by atoms with van der Waals surface area (Å²) in [6.07, 6.45) is 4.23. The zero-order valence-corrected chi connectivity index (χ0v) is 28.7. The number of hydrogen-bond acceptors (Lipinski definition) is 9. The van der Waals surface area contributed by atoms with Crippen LogP contribution in [-0.2, 0) is 17.9 Å². The van der Waals surface area contributed by atoms with E-state index in [0.29, 0.717) is 24.4 Å². The second kappa shape index (κ2) is 17.3. The van der Waals surface area contributed by atoms with E-state index in [-0.39, 0.29) is 36.5 Å². The van der Waals surface area contributed by atoms with Gasteiger partial charge >= 0.3 is 5.97 Å². The molecule has 2 amide bonds. The van der Waals surface area contributed by atoms with Crippen LogP contribution in [0, 0.1) is 13.8 Å². The molecular formula is C35H47N5O9. The quantitative estimate of drug-likeness (QED) is 0.108. The lowest BCUT2D eigenvalue weighted by molar-refractivity contribution is -0.137. The van der Waals surface area contributed by atoms with Crippen LogP contribution in [0.4, 0.5) is 0 Å². The van der Waals surface area contributed by atoms with Crippen molar-refractivity contribution in [3.8, 4) is 17.2 Å². The Bertz CT molecular complexity index is 1760. The number of unbranched alkanes of at least 4 members (excludes halogenated alkanes) is 2. The van der Waals surface area contributed by atoms with E-state index in [0.717, 1.165) is 35.8 Å². The third-order valence-corrected chi connectivity index (χ3v) is 8.50. The summed E-state index contributed by atoms with van der Waals surface area (Å²) in [5.41, 5.74) is -0.862. The molecule has 2 heterocycles. The number of carbonyl (C=O) groups excluding carboxylic acids is 2. The number of benzene rings is 1. The van der Waals surface area contributed by atoms with E-state index in [1.165, 1.54) is 23.6 Å². The summed E-state index contributed by atoms with van der Waals surface area (Å²) < 4.78 is 7.44. The normalized spacial score (nSPS) is 12.3. The average Bonchev–Trinajstić information content (AvgIpc) is 3.06. The van der Waals surface area contributed by atoms with Gasteiger partial charge in [0.25, 0.3) is 22.9 Å². The number of aryl methyl sites for hydroxylation is 2. The molecule has 3 rings (SSSR count). The van der Waals surface area contributed by atoms with Gasteiger partial charge in [-0.1, -0.05) is 38.3 Å². The van der Waals surface area contributed by atoms with Gasteiger partial charge < -0.3 is 40.6 Å². The molecule has 1 atom stereocenters. The van der Waals surface area contributed by atoms with Crippen molar-refractivity contribution in [2.45, 2.75) is 78.4 Å². The average molecular weight is 682 g/mol. The minimum Gasteiger partial charge on any atom is -0.502 e. The molecule has 3 aromatic rings. The molecular weight excluding hydrogens is 634 g/mol. The molecule has 14 heteroatoms. The van der Waals surface area contributed by atoms with Crippen LogP contribution in [0.3, 0.4) is 0 Å². The highest BCUT2D eigenvalue weighted by Gasteiger charge is 2.25. The highest BCUT2D eigenvalue weighted by molar-refractivity contribution is 5.97. The Balaban J connectivity index is 1.61. The Morgan fingerprint density at radius 1 is 0.816 bits per heavy atom. The number of carboxylic acid groups (broad SMARTS) is 1. The number of aliphatic carboxylic acids is 1. The fourth-order valence-electron chi connectivity index (χ4n) is 5.55. The number of hydrogen-bond donors (Lipinski definition) is 6. The summed E-state index contributed by atoms with van der Waals surface area (Å²) in [7, 11) is 1.56. The molecule has 0 spiro atoms. The third-order valence-electron chi connectivity index (χ3n) is 8.50. The monoisotopic (exact) mass is 681 g/mol. The summed E-state index contributed by atoms with van der Waals surface area (Å²) in [6, 6.07) is 9.95. The molecule has 0 bridgehead atoms. The molecule has 0 saturated carbocycles. The van der Waals surface area contributed by atoms with Crippen molar-refractivity contribution in [3.63, 3.8) is 0 Å². The second-order valence-corrected chi connectivity index (χ2v) is 12.3. The van der Waals surface area contributed by atoms with Crippen LogP contribution in [0.2, 0.25) is 0 Å². The minimum absolute atomic E-state index is 0.106. The van der Waals surface area contributed by atoms with Crippen LogP contribution in [0.25, 0.3) is 0 Å². The molecule has 266 valence electrons. The zero-order chi connectivity index (χ0) is 36.3. The van der Waals surface area contributed by atoms with Crippen LogP contribution in [-0.4, -0.2) is 74.5 Å². The van der Waals surface area contributed by atoms with Crippen LogP contribution in [0.15, 0.2) is 46.0 Å². The number of rotatable bonds is 18. The van der Waals surface area contributed by atoms with Gasteiger partial charge in [-0.3, -0.25) is 28.5 Å². The number of carboxylic acids is 1. The van der Waals surface area contributed by atoms with E-state index in [1.54, 1.807) is 26.2 Å². The molecule has 0 aliphatic rings. The highest BCUT2D eigenvalue weighted by Crippen LogP contribution is 2.20. The molecule has 14 nitrogen and oxygen atoms in total. The third kappa shape index (κ3) is 10.2. The van der Waals surface area contributed by atoms with E-state index in [4.69, 9.17) is 9.84 Å². The van der Waals surface area contributed by atoms with Gasteiger partial charge in [-0.05, 0) is 63.4 Å². The zero-order valence-electron chi connectivity index (χ0n) is 28.7. The Morgan fingerprint density at radius 3 is 1.92 bits per heavy atom. The molecule has 1 unspecified atom stereocenters. The van der Waals surface area contributed by atoms with Gasteiger partial charge in [0.05, 0.1) is 24.8 Å². The predicted octanol–water partition coefficient (Wildman–Crippen LogP) is 2.66. The molecule has 2 aromatic heterocycles. The predicted molar refractivity (Wildman–Crippen MR) is 184 cm³/mol. The van der Waals surface area contributed by atoms with E-state index in [1.807, 2.05) is 19.1 Å². The Morgan fingerprint density at radius 2 is 1.37 bits per heavy atom. The number of carbonyl (C=O) groups is 3. The standard InChI is InChI=1S/C35H47N5O9/c1-6-7-8-13-35(4,38-17-16-37-32(46)27-19-23(3)40(21-28(41)42)34(48)30(27)44)14-15-36-31(45)26-18-22(2)39(33(47)29(26)43)20-24-9-11-25(49-5)12-10-24/h9-12,18-19,38,43-44H,6-8,13-17,20-21H2,1-5H3,(H,36,45)(H,37,46)(H,41,42). The summed E-state index contributed by atoms with van der Waals surface area (Å²) in [6.45, 7) is 7.59. The topological polar surface area (TPSA) is 201 Å². The van der Waals surface area contributed by atoms with Crippen LogP contribution < -0.4 is 31.8 Å². The fourth-order valence-corrected chi connectivity index (χ4v) is 5.55. The SMILES string of the molecule is CCCCCC(C)(CCNC(=O)c1cc(C)n(Cc2ccc(OC)cc2)c(=O)c1O)NCCNC(=O)c1cc(C)n(CC(=O)O)c(=O)c1O. The smallest absolute Gasteiger partial charge is 0.323 e. The van der Waals surface area contributed by atoms with E-state index in [2.05, 4.69) is 22.9 Å². The van der Waals surface area contributed by atoms with Gasteiger partial charge in [0.15, 0.2) is 11.5 Å². The van der Waals surface area contributed by atoms with Gasteiger partial charge in [-0.2, -0.15) is 0 Å². The number of nitrogens with zero attached hydrogens (tertiary/aromatic N) is 2. The summed E-state index contributed by atoms with van der Waals surface area (Å²) in [4.78, 5) is 62.4. The number of amides is 2. The fraction of sp³-hybridized carbons (Fsp3) is 0.457. The number of pyridine rings is 2. The number of methoxy groups -OCH3 is 1. The van der Waals surface area contributed by atoms with Gasteiger partial charge in [0, 0.05) is 36.6 Å². The van der Waals surface area contributed by atoms with Crippen molar-refractivity contribution >= 4 is 17.8 Å². The largest absolute Gasteiger partial charge is 0.502 e. The number of nitrogens with one attached hydrogen (secondary N) is 3. The molecule has 49 heavy (non-hydrogen) atoms.